The predicted molar refractivity (Wildman–Crippen MR) is 88.9 cm³/mol. The monoisotopic (exact) mass is 271 g/mol. The molecule has 2 aliphatic carbocycles. The van der Waals surface area contributed by atoms with Gasteiger partial charge in [0.25, 0.3) is 0 Å². The fourth-order valence-corrected chi connectivity index (χ4v) is 3.23. The fourth-order valence-electron chi connectivity index (χ4n) is 3.23. The van der Waals surface area contributed by atoms with E-state index in [1.807, 2.05) is 12.1 Å². The summed E-state index contributed by atoms with van der Waals surface area (Å²) < 4.78 is 0. The second kappa shape index (κ2) is 4.78. The fraction of sp³-hybridized carbons (Fsp3) is 0.100. The Labute approximate surface area is 125 Å². The third-order valence-corrected chi connectivity index (χ3v) is 4.35. The van der Waals surface area contributed by atoms with Crippen LogP contribution in [0.2, 0.25) is 0 Å². The van der Waals surface area contributed by atoms with Crippen LogP contribution in [0.1, 0.15) is 22.6 Å². The third-order valence-electron chi connectivity index (χ3n) is 4.35. The minimum atomic E-state index is 0.332. The number of hydrogen-bond donors (Lipinski definition) is 1. The Balaban J connectivity index is 1.81. The zero-order valence-electron chi connectivity index (χ0n) is 11.8. The Bertz CT molecular complexity index is 776. The average molecular weight is 271 g/mol. The van der Waals surface area contributed by atoms with Gasteiger partial charge in [0.2, 0.25) is 0 Å². The van der Waals surface area contributed by atoms with E-state index < -0.39 is 0 Å². The first-order chi connectivity index (χ1) is 10.3. The van der Waals surface area contributed by atoms with E-state index in [1.165, 1.54) is 27.8 Å². The van der Waals surface area contributed by atoms with Crippen LogP contribution in [-0.4, -0.2) is 0 Å². The Kier molecular flexibility index (Phi) is 2.78. The molecule has 4 rings (SSSR count). The van der Waals surface area contributed by atoms with Crippen molar-refractivity contribution in [1.29, 1.82) is 0 Å². The van der Waals surface area contributed by atoms with Gasteiger partial charge in [0.15, 0.2) is 0 Å². The molecule has 0 saturated carbocycles. The molecular weight excluding hydrogens is 254 g/mol. The summed E-state index contributed by atoms with van der Waals surface area (Å²) in [6, 6.07) is 16.9. The number of nitrogens with two attached hydrogens (primary N) is 1. The summed E-state index contributed by atoms with van der Waals surface area (Å²) in [7, 11) is 0. The summed E-state index contributed by atoms with van der Waals surface area (Å²) in [4.78, 5) is 0. The molecule has 2 aromatic carbocycles. The standard InChI is InChI=1S/C20H17N/c21-18-10-8-14(9-11-18)19-7-3-6-17-12-15-4-1-2-5-16(15)13-20(17)19/h1-11,13,19H,12,21H2. The van der Waals surface area contributed by atoms with Crippen LogP contribution in [0.5, 0.6) is 0 Å². The van der Waals surface area contributed by atoms with Gasteiger partial charge in [-0.3, -0.25) is 0 Å². The van der Waals surface area contributed by atoms with Crippen LogP contribution < -0.4 is 5.73 Å². The van der Waals surface area contributed by atoms with Gasteiger partial charge in [-0.15, -0.1) is 0 Å². The van der Waals surface area contributed by atoms with Gasteiger partial charge in [-0.25, -0.2) is 0 Å². The first kappa shape index (κ1) is 12.2. The molecule has 1 heteroatoms. The van der Waals surface area contributed by atoms with Crippen LogP contribution in [-0.2, 0) is 6.42 Å². The van der Waals surface area contributed by atoms with Gasteiger partial charge < -0.3 is 5.73 Å². The lowest BCUT2D eigenvalue weighted by atomic mass is 9.77. The number of nitrogen functional groups attached to an aromatic ring is 1. The molecule has 0 fully saturated rings. The van der Waals surface area contributed by atoms with E-state index in [1.54, 1.807) is 0 Å². The van der Waals surface area contributed by atoms with E-state index in [9.17, 15) is 0 Å². The highest BCUT2D eigenvalue weighted by Crippen LogP contribution is 2.40. The van der Waals surface area contributed by atoms with Gasteiger partial charge in [-0.2, -0.15) is 0 Å². The van der Waals surface area contributed by atoms with Gasteiger partial charge in [0.1, 0.15) is 0 Å². The van der Waals surface area contributed by atoms with Gasteiger partial charge in [0, 0.05) is 11.6 Å². The van der Waals surface area contributed by atoms with Crippen LogP contribution in [0.15, 0.2) is 77.9 Å². The van der Waals surface area contributed by atoms with E-state index in [2.05, 4.69) is 60.7 Å². The van der Waals surface area contributed by atoms with Gasteiger partial charge in [-0.05, 0) is 46.4 Å². The first-order valence-corrected chi connectivity index (χ1v) is 7.34. The molecule has 0 spiro atoms. The van der Waals surface area contributed by atoms with E-state index >= 15 is 0 Å². The highest BCUT2D eigenvalue weighted by Gasteiger charge is 2.23. The summed E-state index contributed by atoms with van der Waals surface area (Å²) in [6.07, 6.45) is 10.1. The number of benzene rings is 2. The lowest BCUT2D eigenvalue weighted by molar-refractivity contribution is 0.951. The molecule has 0 aliphatic heterocycles. The average Bonchev–Trinajstić information content (AvgIpc) is 2.53. The summed E-state index contributed by atoms with van der Waals surface area (Å²) in [5, 5.41) is 0. The zero-order chi connectivity index (χ0) is 14.2. The van der Waals surface area contributed by atoms with Gasteiger partial charge in [-0.1, -0.05) is 60.7 Å². The molecule has 2 aliphatic rings. The van der Waals surface area contributed by atoms with Crippen LogP contribution in [0.4, 0.5) is 5.69 Å². The normalized spacial score (nSPS) is 19.3. The van der Waals surface area contributed by atoms with Gasteiger partial charge in [0.05, 0.1) is 0 Å². The first-order valence-electron chi connectivity index (χ1n) is 7.34. The third kappa shape index (κ3) is 2.11. The van der Waals surface area contributed by atoms with Crippen molar-refractivity contribution in [2.24, 2.45) is 0 Å². The minimum Gasteiger partial charge on any atom is -0.399 e. The molecule has 21 heavy (non-hydrogen) atoms. The van der Waals surface area contributed by atoms with Crippen molar-refractivity contribution in [1.82, 2.24) is 0 Å². The Morgan fingerprint density at radius 1 is 0.952 bits per heavy atom. The maximum absolute atomic E-state index is 5.81. The molecule has 2 aromatic rings. The number of fused-ring (bicyclic) bond motifs is 2. The second-order valence-corrected chi connectivity index (χ2v) is 5.70. The van der Waals surface area contributed by atoms with E-state index in [0.717, 1.165) is 12.1 Å². The molecule has 0 amide bonds. The van der Waals surface area contributed by atoms with Crippen molar-refractivity contribution >= 4 is 11.8 Å². The molecule has 0 saturated heterocycles. The van der Waals surface area contributed by atoms with Crippen molar-refractivity contribution in [3.05, 3.63) is 94.6 Å². The van der Waals surface area contributed by atoms with Crippen molar-refractivity contribution < 1.29 is 0 Å². The maximum atomic E-state index is 5.81. The summed E-state index contributed by atoms with van der Waals surface area (Å²) in [6.45, 7) is 0. The van der Waals surface area contributed by atoms with Crippen molar-refractivity contribution in [2.45, 2.75) is 12.3 Å². The van der Waals surface area contributed by atoms with Crippen LogP contribution in [0.25, 0.3) is 6.08 Å². The molecule has 2 N–H and O–H groups in total. The molecule has 0 aromatic heterocycles. The molecular formula is C20H17N. The highest BCUT2D eigenvalue weighted by molar-refractivity contribution is 5.71. The number of hydrogen-bond acceptors (Lipinski definition) is 1. The number of allylic oxidation sites excluding steroid dienone is 5. The molecule has 0 bridgehead atoms. The van der Waals surface area contributed by atoms with E-state index in [-0.39, 0.29) is 0 Å². The second-order valence-electron chi connectivity index (χ2n) is 5.70. The summed E-state index contributed by atoms with van der Waals surface area (Å²) in [5.41, 5.74) is 13.5. The Morgan fingerprint density at radius 2 is 1.76 bits per heavy atom. The molecule has 102 valence electrons. The molecule has 1 atom stereocenters. The van der Waals surface area contributed by atoms with E-state index in [0.29, 0.717) is 5.92 Å². The molecule has 0 heterocycles. The zero-order valence-corrected chi connectivity index (χ0v) is 11.8. The van der Waals surface area contributed by atoms with Crippen molar-refractivity contribution in [2.75, 3.05) is 5.73 Å². The Morgan fingerprint density at radius 3 is 2.62 bits per heavy atom. The van der Waals surface area contributed by atoms with Crippen LogP contribution in [0, 0.1) is 0 Å². The highest BCUT2D eigenvalue weighted by atomic mass is 14.5. The van der Waals surface area contributed by atoms with Gasteiger partial charge >= 0.3 is 0 Å². The predicted octanol–water partition coefficient (Wildman–Crippen LogP) is 4.49. The number of rotatable bonds is 1. The van der Waals surface area contributed by atoms with Crippen LogP contribution >= 0.6 is 0 Å². The topological polar surface area (TPSA) is 26.0 Å². The smallest absolute Gasteiger partial charge is 0.0314 e. The molecule has 1 unspecified atom stereocenters. The lowest BCUT2D eigenvalue weighted by Gasteiger charge is -2.27. The molecule has 1 nitrogen and oxygen atoms in total. The maximum Gasteiger partial charge on any atom is 0.0314 e. The van der Waals surface area contributed by atoms with Crippen molar-refractivity contribution in [3.8, 4) is 0 Å². The lowest BCUT2D eigenvalue weighted by Crippen LogP contribution is -2.11. The summed E-state index contributed by atoms with van der Waals surface area (Å²) in [5.74, 6) is 0.332. The largest absolute Gasteiger partial charge is 0.399 e. The van der Waals surface area contributed by atoms with Crippen LogP contribution in [0.3, 0.4) is 0 Å². The minimum absolute atomic E-state index is 0.332. The van der Waals surface area contributed by atoms with E-state index in [4.69, 9.17) is 5.73 Å². The molecule has 0 radical (unpaired) electrons. The summed E-state index contributed by atoms with van der Waals surface area (Å²) >= 11 is 0. The Hall–Kier alpha value is -2.54. The number of anilines is 1. The SMILES string of the molecule is Nc1ccc(C2C=CC=C3Cc4ccccc4C=C32)cc1. The quantitative estimate of drug-likeness (QED) is 0.760. The van der Waals surface area contributed by atoms with Crippen molar-refractivity contribution in [3.63, 3.8) is 0 Å².